The van der Waals surface area contributed by atoms with Crippen LogP contribution in [0.5, 0.6) is 0 Å². The summed E-state index contributed by atoms with van der Waals surface area (Å²) in [5.41, 5.74) is 9.78. The number of pyridine rings is 1. The van der Waals surface area contributed by atoms with E-state index in [1.807, 2.05) is 42.5 Å². The first-order chi connectivity index (χ1) is 26.5. The average Bonchev–Trinajstić information content (AvgIpc) is 3.77. The zero-order valence-corrected chi connectivity index (χ0v) is 31.9. The summed E-state index contributed by atoms with van der Waals surface area (Å²) in [7, 11) is 0. The monoisotopic (exact) mass is 877 g/mol. The van der Waals surface area contributed by atoms with Crippen LogP contribution < -0.4 is 0 Å². The molecule has 0 spiro atoms. The van der Waals surface area contributed by atoms with Crippen LogP contribution in [0.1, 0.15) is 60.3 Å². The number of fused-ring (bicyclic) bond motifs is 6. The Hall–Kier alpha value is -5.56. The van der Waals surface area contributed by atoms with Gasteiger partial charge in [0.2, 0.25) is 0 Å². The number of hydrogen-bond acceptors (Lipinski definition) is 5. The Morgan fingerprint density at radius 3 is 2.23 bits per heavy atom. The van der Waals surface area contributed by atoms with Crippen molar-refractivity contribution >= 4 is 44.0 Å². The molecule has 9 aromatic rings. The predicted molar refractivity (Wildman–Crippen MR) is 207 cm³/mol. The Labute approximate surface area is 325 Å². The smallest absolute Gasteiger partial charge is 0.178 e. The second-order valence-electron chi connectivity index (χ2n) is 13.3. The Morgan fingerprint density at radius 2 is 1.53 bits per heavy atom. The summed E-state index contributed by atoms with van der Waals surface area (Å²) in [6, 6.07) is 40.2. The minimum atomic E-state index is -2.15. The fraction of sp³-hybridized carbons (Fsp3) is 0.156. The Morgan fingerprint density at radius 1 is 0.774 bits per heavy atom. The molecule has 53 heavy (non-hydrogen) atoms. The third-order valence-electron chi connectivity index (χ3n) is 9.21. The molecule has 4 aromatic heterocycles. The molecule has 0 N–H and O–H groups in total. The summed E-state index contributed by atoms with van der Waals surface area (Å²) in [5.74, 6) is 0.986. The number of furan rings is 1. The zero-order chi connectivity index (χ0) is 38.4. The van der Waals surface area contributed by atoms with Crippen LogP contribution >= 0.6 is 0 Å². The Kier molecular flexibility index (Phi) is 8.98. The van der Waals surface area contributed by atoms with Gasteiger partial charge < -0.3 is 14.0 Å². The maximum absolute atomic E-state index is 12.7. The minimum absolute atomic E-state index is 0. The van der Waals surface area contributed by atoms with E-state index in [4.69, 9.17) is 18.6 Å². The molecule has 9 rings (SSSR count). The number of rotatable bonds is 5. The summed E-state index contributed by atoms with van der Waals surface area (Å²) >= 11 is 0. The molecule has 0 amide bonds. The molecule has 4 heterocycles. The molecule has 0 unspecified atom stereocenters. The first-order valence-corrected chi connectivity index (χ1v) is 17.2. The molecule has 0 saturated carbocycles. The fourth-order valence-corrected chi connectivity index (χ4v) is 6.67. The van der Waals surface area contributed by atoms with Crippen LogP contribution in [-0.4, -0.2) is 24.7 Å². The summed E-state index contributed by atoms with van der Waals surface area (Å²) in [4.78, 5) is 9.31. The molecule has 1 radical (unpaired) electrons. The van der Waals surface area contributed by atoms with E-state index in [0.29, 0.717) is 23.1 Å². The largest absolute Gasteiger partial charge is 0.501 e. The van der Waals surface area contributed by atoms with E-state index >= 15 is 0 Å². The van der Waals surface area contributed by atoms with Crippen molar-refractivity contribution < 1.29 is 33.0 Å². The number of hydrogen-bond donors (Lipinski definition) is 0. The van der Waals surface area contributed by atoms with E-state index in [2.05, 4.69) is 90.9 Å². The molecule has 0 atom stereocenters. The van der Waals surface area contributed by atoms with Crippen LogP contribution in [0.25, 0.3) is 72.3 Å². The SMILES string of the molecule is CC(C)c1cccc(C(C)C)c1-n1c(-c2[c-]ccc3c2oc2ccccc23)nc2c3ccccc3nnc21.[2H]C([2H])([2H])c1ccc(-c2[c-]cc(F)cc2)nc1.[Ir]. The second-order valence-corrected chi connectivity index (χ2v) is 13.3. The van der Waals surface area contributed by atoms with Gasteiger partial charge in [-0.3, -0.25) is 9.37 Å². The van der Waals surface area contributed by atoms with E-state index in [1.165, 1.54) is 35.5 Å². The molecule has 6 nitrogen and oxygen atoms in total. The molecule has 265 valence electrons. The van der Waals surface area contributed by atoms with Crippen molar-refractivity contribution in [2.45, 2.75) is 46.4 Å². The standard InChI is InChI=1S/C33H27N4O.C12H9FN.Ir/c1-19(2)21-13-9-14-22(20(3)4)30(21)37-32(34-29-25-12-5-7-17-27(25)35-36-33(29)37)26-16-10-15-24-23-11-6-8-18-28(23)38-31(24)26;1-9-2-7-12(14-8-9)10-3-5-11(13)6-4-10;/h5-15,17-20H,1-4H3;2-3,5-8H,1H3;/q2*-1;/i;1D3;. The van der Waals surface area contributed by atoms with Gasteiger partial charge in [-0.05, 0) is 53.2 Å². The number of imidazole rings is 1. The molecule has 0 aliphatic rings. The summed E-state index contributed by atoms with van der Waals surface area (Å²) in [5, 5.41) is 12.5. The van der Waals surface area contributed by atoms with Gasteiger partial charge in [-0.25, -0.2) is 0 Å². The van der Waals surface area contributed by atoms with Crippen molar-refractivity contribution in [1.82, 2.24) is 24.7 Å². The van der Waals surface area contributed by atoms with Crippen LogP contribution in [0.15, 0.2) is 120 Å². The van der Waals surface area contributed by atoms with Crippen LogP contribution in [0, 0.1) is 24.8 Å². The molecule has 0 saturated heterocycles. The maximum atomic E-state index is 12.7. The van der Waals surface area contributed by atoms with Crippen molar-refractivity contribution in [2.75, 3.05) is 0 Å². The van der Waals surface area contributed by atoms with Crippen molar-refractivity contribution in [3.05, 3.63) is 150 Å². The topological polar surface area (TPSA) is 69.6 Å². The maximum Gasteiger partial charge on any atom is 0.178 e. The molecular formula is C45H36FIrN5O-2. The summed E-state index contributed by atoms with van der Waals surface area (Å²) in [6.45, 7) is 6.77. The van der Waals surface area contributed by atoms with Gasteiger partial charge in [0, 0.05) is 52.7 Å². The first-order valence-electron chi connectivity index (χ1n) is 18.7. The molecule has 0 bridgehead atoms. The summed E-state index contributed by atoms with van der Waals surface area (Å²) < 4.78 is 43.0. The van der Waals surface area contributed by atoms with Crippen molar-refractivity contribution in [3.8, 4) is 28.3 Å². The van der Waals surface area contributed by atoms with Gasteiger partial charge in [-0.15, -0.1) is 58.2 Å². The normalized spacial score (nSPS) is 12.5. The number of para-hydroxylation sites is 2. The summed E-state index contributed by atoms with van der Waals surface area (Å²) in [6.07, 6.45) is 1.31. The number of nitrogens with zero attached hydrogens (tertiary/aromatic N) is 5. The number of benzene rings is 5. The number of aromatic nitrogens is 5. The fourth-order valence-electron chi connectivity index (χ4n) is 6.67. The van der Waals surface area contributed by atoms with Gasteiger partial charge in [0.1, 0.15) is 11.1 Å². The van der Waals surface area contributed by atoms with Crippen LogP contribution in [0.4, 0.5) is 4.39 Å². The number of aryl methyl sites for hydroxylation is 1. The van der Waals surface area contributed by atoms with Gasteiger partial charge in [0.15, 0.2) is 5.65 Å². The van der Waals surface area contributed by atoms with Gasteiger partial charge in [0.05, 0.1) is 16.9 Å². The molecular weight excluding hydrogens is 838 g/mol. The van der Waals surface area contributed by atoms with Gasteiger partial charge in [0.25, 0.3) is 0 Å². The van der Waals surface area contributed by atoms with Crippen molar-refractivity contribution in [1.29, 1.82) is 0 Å². The Balaban J connectivity index is 0.000000225. The van der Waals surface area contributed by atoms with E-state index < -0.39 is 6.85 Å². The van der Waals surface area contributed by atoms with Gasteiger partial charge in [-0.2, -0.15) is 0 Å². The molecule has 0 fully saturated rings. The Bertz CT molecular complexity index is 2800. The van der Waals surface area contributed by atoms with E-state index in [0.717, 1.165) is 61.1 Å². The number of halogens is 1. The average molecular weight is 877 g/mol. The molecule has 0 aliphatic carbocycles. The van der Waals surface area contributed by atoms with Crippen molar-refractivity contribution in [3.63, 3.8) is 0 Å². The molecule has 8 heteroatoms. The molecule has 5 aromatic carbocycles. The third-order valence-corrected chi connectivity index (χ3v) is 9.21. The van der Waals surface area contributed by atoms with Crippen molar-refractivity contribution in [2.24, 2.45) is 0 Å². The van der Waals surface area contributed by atoms with Crippen LogP contribution in [0.2, 0.25) is 0 Å². The van der Waals surface area contributed by atoms with E-state index in [9.17, 15) is 4.39 Å². The molecule has 0 aliphatic heterocycles. The van der Waals surface area contributed by atoms with E-state index in [-0.39, 0.29) is 31.5 Å². The van der Waals surface area contributed by atoms with Crippen LogP contribution in [0.3, 0.4) is 0 Å². The van der Waals surface area contributed by atoms with E-state index in [1.54, 1.807) is 12.1 Å². The minimum Gasteiger partial charge on any atom is -0.501 e. The zero-order valence-electron chi connectivity index (χ0n) is 32.5. The van der Waals surface area contributed by atoms with Gasteiger partial charge >= 0.3 is 0 Å². The predicted octanol–water partition coefficient (Wildman–Crippen LogP) is 11.6. The quantitative estimate of drug-likeness (QED) is 0.161. The van der Waals surface area contributed by atoms with Crippen LogP contribution in [-0.2, 0) is 20.1 Å². The van der Waals surface area contributed by atoms with Gasteiger partial charge in [-0.1, -0.05) is 105 Å². The third kappa shape index (κ3) is 6.65. The second kappa shape index (κ2) is 14.8. The first kappa shape index (κ1) is 32.1.